The Kier molecular flexibility index (Phi) is 3.18. The van der Waals surface area contributed by atoms with Crippen LogP contribution in [0.15, 0.2) is 24.3 Å². The molecule has 2 nitrogen and oxygen atoms in total. The van der Waals surface area contributed by atoms with E-state index in [-0.39, 0.29) is 29.3 Å². The second-order valence-corrected chi connectivity index (χ2v) is 6.48. The number of carbonyl (C=O) groups excluding carboxylic acids is 1. The van der Waals surface area contributed by atoms with Gasteiger partial charge in [-0.05, 0) is 16.9 Å². The minimum Gasteiger partial charge on any atom is -0.461 e. The van der Waals surface area contributed by atoms with Gasteiger partial charge in [-0.15, -0.1) is 0 Å². The summed E-state index contributed by atoms with van der Waals surface area (Å²) in [7, 11) is 0. The molecule has 0 atom stereocenters. The second kappa shape index (κ2) is 4.27. The predicted molar refractivity (Wildman–Crippen MR) is 72.3 cm³/mol. The lowest BCUT2D eigenvalue weighted by Crippen LogP contribution is -2.11. The van der Waals surface area contributed by atoms with Crippen LogP contribution < -0.4 is 0 Å². The Hall–Kier alpha value is -1.02. The molecule has 98 valence electrons. The fourth-order valence-corrected chi connectivity index (χ4v) is 2.82. The van der Waals surface area contributed by atoms with Gasteiger partial charge < -0.3 is 4.74 Å². The lowest BCUT2D eigenvalue weighted by molar-refractivity contribution is -0.148. The Morgan fingerprint density at radius 3 is 2.28 bits per heavy atom. The number of hydrogen-bond donors (Lipinski definition) is 0. The Morgan fingerprint density at radius 2 is 1.78 bits per heavy atom. The van der Waals surface area contributed by atoms with Crippen LogP contribution in [0.1, 0.15) is 33.3 Å². The van der Waals surface area contributed by atoms with Crippen molar-refractivity contribution in [1.82, 2.24) is 0 Å². The van der Waals surface area contributed by atoms with Gasteiger partial charge in [0.15, 0.2) is 0 Å². The third kappa shape index (κ3) is 2.03. The van der Waals surface area contributed by atoms with E-state index < -0.39 is 0 Å². The van der Waals surface area contributed by atoms with E-state index in [1.54, 1.807) is 6.07 Å². The average molecular weight is 267 g/mol. The van der Waals surface area contributed by atoms with Gasteiger partial charge >= 0.3 is 5.97 Å². The van der Waals surface area contributed by atoms with Crippen LogP contribution in [0, 0.1) is 16.7 Å². The minimum atomic E-state index is -0.120. The number of benzene rings is 1. The van der Waals surface area contributed by atoms with E-state index in [0.29, 0.717) is 5.02 Å². The summed E-state index contributed by atoms with van der Waals surface area (Å²) in [5, 5.41) is 0.639. The molecule has 0 aliphatic heterocycles. The molecule has 0 aromatic heterocycles. The first-order valence-electron chi connectivity index (χ1n) is 6.18. The van der Waals surface area contributed by atoms with Gasteiger partial charge in [0.1, 0.15) is 6.61 Å². The van der Waals surface area contributed by atoms with Crippen molar-refractivity contribution in [1.29, 1.82) is 0 Å². The van der Waals surface area contributed by atoms with E-state index in [2.05, 4.69) is 27.7 Å². The second-order valence-electron chi connectivity index (χ2n) is 6.08. The van der Waals surface area contributed by atoms with E-state index >= 15 is 0 Å². The van der Waals surface area contributed by atoms with Crippen molar-refractivity contribution in [3.05, 3.63) is 34.9 Å². The highest BCUT2D eigenvalue weighted by Crippen LogP contribution is 2.68. The number of hydrogen-bond acceptors (Lipinski definition) is 2. The van der Waals surface area contributed by atoms with Crippen molar-refractivity contribution in [2.75, 3.05) is 0 Å². The van der Waals surface area contributed by atoms with Crippen LogP contribution in [-0.4, -0.2) is 5.97 Å². The molecule has 3 heteroatoms. The van der Waals surface area contributed by atoms with Crippen molar-refractivity contribution < 1.29 is 9.53 Å². The topological polar surface area (TPSA) is 26.3 Å². The maximum atomic E-state index is 12.1. The fraction of sp³-hybridized carbons (Fsp3) is 0.533. The van der Waals surface area contributed by atoms with Crippen molar-refractivity contribution in [2.24, 2.45) is 16.7 Å². The summed E-state index contributed by atoms with van der Waals surface area (Å²) in [5.74, 6) is -0.141. The van der Waals surface area contributed by atoms with Crippen LogP contribution in [0.4, 0.5) is 0 Å². The van der Waals surface area contributed by atoms with E-state index in [0.717, 1.165) is 5.56 Å². The average Bonchev–Trinajstić information content (AvgIpc) is 2.68. The molecule has 0 heterocycles. The highest BCUT2D eigenvalue weighted by Gasteiger charge is 2.69. The molecule has 0 radical (unpaired) electrons. The molecule has 0 saturated heterocycles. The van der Waals surface area contributed by atoms with Gasteiger partial charge in [-0.1, -0.05) is 57.5 Å². The molecule has 0 amide bonds. The molecule has 1 aliphatic rings. The van der Waals surface area contributed by atoms with E-state index in [9.17, 15) is 4.79 Å². The van der Waals surface area contributed by atoms with Crippen molar-refractivity contribution in [3.63, 3.8) is 0 Å². The molecule has 1 aromatic rings. The zero-order valence-corrected chi connectivity index (χ0v) is 12.0. The Bertz CT molecular complexity index is 463. The molecule has 0 bridgehead atoms. The molecule has 2 rings (SSSR count). The maximum absolute atomic E-state index is 12.1. The summed E-state index contributed by atoms with van der Waals surface area (Å²) in [6, 6.07) is 7.43. The molecule has 1 saturated carbocycles. The van der Waals surface area contributed by atoms with Gasteiger partial charge in [0.05, 0.1) is 5.92 Å². The van der Waals surface area contributed by atoms with Crippen molar-refractivity contribution >= 4 is 17.6 Å². The highest BCUT2D eigenvalue weighted by molar-refractivity contribution is 6.31. The quantitative estimate of drug-likeness (QED) is 0.771. The van der Waals surface area contributed by atoms with E-state index in [1.807, 2.05) is 18.2 Å². The summed E-state index contributed by atoms with van der Waals surface area (Å²) >= 11 is 6.02. The smallest absolute Gasteiger partial charge is 0.310 e. The largest absolute Gasteiger partial charge is 0.461 e. The number of halogens is 1. The van der Waals surface area contributed by atoms with Crippen LogP contribution in [0.25, 0.3) is 0 Å². The van der Waals surface area contributed by atoms with Crippen LogP contribution in [-0.2, 0) is 16.1 Å². The summed E-state index contributed by atoms with van der Waals surface area (Å²) in [6.07, 6.45) is 0. The molecule has 0 unspecified atom stereocenters. The third-order valence-electron chi connectivity index (χ3n) is 4.58. The van der Waals surface area contributed by atoms with Gasteiger partial charge in [0.25, 0.3) is 0 Å². The van der Waals surface area contributed by atoms with Gasteiger partial charge in [0, 0.05) is 10.6 Å². The zero-order valence-electron chi connectivity index (χ0n) is 11.3. The van der Waals surface area contributed by atoms with E-state index in [4.69, 9.17) is 16.3 Å². The zero-order chi connectivity index (χ0) is 13.6. The number of ether oxygens (including phenoxy) is 1. The molecule has 0 N–H and O–H groups in total. The summed E-state index contributed by atoms with van der Waals surface area (Å²) in [4.78, 5) is 12.1. The lowest BCUT2D eigenvalue weighted by atomic mass is 10.0. The Morgan fingerprint density at radius 1 is 1.22 bits per heavy atom. The maximum Gasteiger partial charge on any atom is 0.310 e. The monoisotopic (exact) mass is 266 g/mol. The molecule has 18 heavy (non-hydrogen) atoms. The summed E-state index contributed by atoms with van der Waals surface area (Å²) < 4.78 is 5.38. The number of carbonyl (C=O) groups is 1. The SMILES string of the molecule is CC1(C)C(C(=O)OCc2ccccc2Cl)C1(C)C. The first kappa shape index (κ1) is 13.4. The molecular formula is C15H19ClO2. The molecule has 1 fully saturated rings. The standard InChI is InChI=1S/C15H19ClO2/c1-14(2)12(15(14,3)4)13(17)18-9-10-7-5-6-8-11(10)16/h5-8,12H,9H2,1-4H3. The molecule has 0 spiro atoms. The van der Waals surface area contributed by atoms with Gasteiger partial charge in [0.2, 0.25) is 0 Å². The number of esters is 1. The number of rotatable bonds is 3. The van der Waals surface area contributed by atoms with E-state index in [1.165, 1.54) is 0 Å². The predicted octanol–water partition coefficient (Wildman–Crippen LogP) is 4.07. The Balaban J connectivity index is 1.97. The first-order chi connectivity index (χ1) is 8.28. The van der Waals surface area contributed by atoms with Crippen LogP contribution in [0.2, 0.25) is 5.02 Å². The normalized spacial score (nSPS) is 20.5. The Labute approximate surface area is 113 Å². The molecule has 1 aliphatic carbocycles. The minimum absolute atomic E-state index is 0.0184. The van der Waals surface area contributed by atoms with Crippen LogP contribution >= 0.6 is 11.6 Å². The van der Waals surface area contributed by atoms with Gasteiger partial charge in [-0.25, -0.2) is 0 Å². The first-order valence-corrected chi connectivity index (χ1v) is 6.56. The fourth-order valence-electron chi connectivity index (χ4n) is 2.63. The molecule has 1 aromatic carbocycles. The van der Waals surface area contributed by atoms with Crippen LogP contribution in [0.3, 0.4) is 0 Å². The highest BCUT2D eigenvalue weighted by atomic mass is 35.5. The lowest BCUT2D eigenvalue weighted by Gasteiger charge is -2.07. The summed E-state index contributed by atoms with van der Waals surface area (Å²) in [6.45, 7) is 8.67. The third-order valence-corrected chi connectivity index (χ3v) is 4.95. The summed E-state index contributed by atoms with van der Waals surface area (Å²) in [5.41, 5.74) is 0.888. The van der Waals surface area contributed by atoms with Gasteiger partial charge in [-0.3, -0.25) is 4.79 Å². The molecular weight excluding hydrogens is 248 g/mol. The van der Waals surface area contributed by atoms with Crippen molar-refractivity contribution in [3.8, 4) is 0 Å². The van der Waals surface area contributed by atoms with Gasteiger partial charge in [-0.2, -0.15) is 0 Å². The van der Waals surface area contributed by atoms with Crippen LogP contribution in [0.5, 0.6) is 0 Å². The van der Waals surface area contributed by atoms with Crippen molar-refractivity contribution in [2.45, 2.75) is 34.3 Å².